The average Bonchev–Trinajstić information content (AvgIpc) is 2.83. The van der Waals surface area contributed by atoms with Gasteiger partial charge in [-0.15, -0.1) is 0 Å². The van der Waals surface area contributed by atoms with E-state index in [2.05, 4.69) is 11.9 Å². The molecule has 2 N–H and O–H groups in total. The fraction of sp³-hybridized carbons (Fsp3) is 1.00. The molecule has 1 aliphatic carbocycles. The van der Waals surface area contributed by atoms with Gasteiger partial charge in [-0.1, -0.05) is 0 Å². The first kappa shape index (κ1) is 8.48. The van der Waals surface area contributed by atoms with Crippen molar-refractivity contribution >= 4 is 0 Å². The Morgan fingerprint density at radius 3 is 2.75 bits per heavy atom. The molecule has 2 fully saturated rings. The molecule has 12 heavy (non-hydrogen) atoms. The Labute approximate surface area is 73.9 Å². The first-order valence-corrected chi connectivity index (χ1v) is 4.79. The highest BCUT2D eigenvalue weighted by atomic mass is 16.5. The Hall–Kier alpha value is -0.120. The van der Waals surface area contributed by atoms with Crippen molar-refractivity contribution in [3.8, 4) is 0 Å². The van der Waals surface area contributed by atoms with Gasteiger partial charge in [0.1, 0.15) is 0 Å². The van der Waals surface area contributed by atoms with Crippen LogP contribution in [0.2, 0.25) is 0 Å². The standard InChI is InChI=1S/C9H18N2O/c1-11(8-2-3-8)9(6-10)4-5-12-7-9/h8H,2-7,10H2,1H3. The lowest BCUT2D eigenvalue weighted by atomic mass is 9.97. The third kappa shape index (κ3) is 1.26. The summed E-state index contributed by atoms with van der Waals surface area (Å²) in [5.74, 6) is 0. The summed E-state index contributed by atoms with van der Waals surface area (Å²) in [4.78, 5) is 2.44. The van der Waals surface area contributed by atoms with Crippen molar-refractivity contribution in [1.82, 2.24) is 4.90 Å². The zero-order valence-electron chi connectivity index (χ0n) is 7.75. The van der Waals surface area contributed by atoms with Crippen LogP contribution in [-0.4, -0.2) is 43.3 Å². The molecule has 70 valence electrons. The third-order valence-electron chi connectivity index (χ3n) is 3.31. The molecule has 0 aromatic heterocycles. The van der Waals surface area contributed by atoms with E-state index in [0.717, 1.165) is 32.2 Å². The SMILES string of the molecule is CN(C1CC1)C1(CN)CCOC1. The summed E-state index contributed by atoms with van der Waals surface area (Å²) >= 11 is 0. The second-order valence-corrected chi connectivity index (χ2v) is 4.07. The van der Waals surface area contributed by atoms with Gasteiger partial charge in [-0.3, -0.25) is 4.90 Å². The maximum atomic E-state index is 5.81. The third-order valence-corrected chi connectivity index (χ3v) is 3.31. The van der Waals surface area contributed by atoms with E-state index in [9.17, 15) is 0 Å². The van der Waals surface area contributed by atoms with Crippen LogP contribution in [0.5, 0.6) is 0 Å². The molecule has 1 unspecified atom stereocenters. The predicted octanol–water partition coefficient (Wildman–Crippen LogP) is 0.198. The van der Waals surface area contributed by atoms with E-state index >= 15 is 0 Å². The van der Waals surface area contributed by atoms with Crippen LogP contribution in [0.25, 0.3) is 0 Å². The molecular weight excluding hydrogens is 152 g/mol. The molecule has 0 spiro atoms. The molecule has 1 heterocycles. The van der Waals surface area contributed by atoms with Crippen molar-refractivity contribution in [3.63, 3.8) is 0 Å². The molecule has 2 aliphatic rings. The summed E-state index contributed by atoms with van der Waals surface area (Å²) in [5.41, 5.74) is 5.98. The van der Waals surface area contributed by atoms with Crippen LogP contribution in [-0.2, 0) is 4.74 Å². The fourth-order valence-corrected chi connectivity index (χ4v) is 2.03. The van der Waals surface area contributed by atoms with Crippen LogP contribution in [0, 0.1) is 0 Å². The molecule has 0 aromatic rings. The van der Waals surface area contributed by atoms with Gasteiger partial charge in [0.15, 0.2) is 0 Å². The lowest BCUT2D eigenvalue weighted by Gasteiger charge is -2.36. The quantitative estimate of drug-likeness (QED) is 0.657. The topological polar surface area (TPSA) is 38.5 Å². The summed E-state index contributed by atoms with van der Waals surface area (Å²) in [6.45, 7) is 2.45. The van der Waals surface area contributed by atoms with Crippen LogP contribution in [0.15, 0.2) is 0 Å². The summed E-state index contributed by atoms with van der Waals surface area (Å²) in [5, 5.41) is 0. The highest BCUT2D eigenvalue weighted by Crippen LogP contribution is 2.34. The number of nitrogens with zero attached hydrogens (tertiary/aromatic N) is 1. The fourth-order valence-electron chi connectivity index (χ4n) is 2.03. The minimum absolute atomic E-state index is 0.168. The predicted molar refractivity (Wildman–Crippen MR) is 48.0 cm³/mol. The zero-order valence-corrected chi connectivity index (χ0v) is 7.75. The highest BCUT2D eigenvalue weighted by Gasteiger charge is 2.43. The van der Waals surface area contributed by atoms with Crippen molar-refractivity contribution in [2.24, 2.45) is 5.73 Å². The van der Waals surface area contributed by atoms with Crippen LogP contribution in [0.3, 0.4) is 0 Å². The smallest absolute Gasteiger partial charge is 0.0663 e. The lowest BCUT2D eigenvalue weighted by Crippen LogP contribution is -2.53. The lowest BCUT2D eigenvalue weighted by molar-refractivity contribution is 0.0878. The van der Waals surface area contributed by atoms with Gasteiger partial charge in [-0.25, -0.2) is 0 Å². The molecule has 0 bridgehead atoms. The normalized spacial score (nSPS) is 36.2. The van der Waals surface area contributed by atoms with Crippen LogP contribution < -0.4 is 5.73 Å². The van der Waals surface area contributed by atoms with Gasteiger partial charge in [-0.2, -0.15) is 0 Å². The zero-order chi connectivity index (χ0) is 8.60. The van der Waals surface area contributed by atoms with Crippen LogP contribution in [0.4, 0.5) is 0 Å². The number of hydrogen-bond acceptors (Lipinski definition) is 3. The summed E-state index contributed by atoms with van der Waals surface area (Å²) in [7, 11) is 2.19. The number of nitrogens with two attached hydrogens (primary N) is 1. The number of ether oxygens (including phenoxy) is 1. The van der Waals surface area contributed by atoms with Crippen LogP contribution >= 0.6 is 0 Å². The van der Waals surface area contributed by atoms with E-state index in [4.69, 9.17) is 10.5 Å². The number of rotatable bonds is 3. The van der Waals surface area contributed by atoms with Crippen LogP contribution in [0.1, 0.15) is 19.3 Å². The molecule has 3 nitrogen and oxygen atoms in total. The summed E-state index contributed by atoms with van der Waals surface area (Å²) in [6.07, 6.45) is 3.80. The van der Waals surface area contributed by atoms with Crippen molar-refractivity contribution in [2.45, 2.75) is 30.8 Å². The van der Waals surface area contributed by atoms with E-state index in [1.54, 1.807) is 0 Å². The highest BCUT2D eigenvalue weighted by molar-refractivity contribution is 4.99. The van der Waals surface area contributed by atoms with Gasteiger partial charge in [0.2, 0.25) is 0 Å². The maximum absolute atomic E-state index is 5.81. The molecule has 1 saturated heterocycles. The molecule has 2 rings (SSSR count). The molecule has 1 saturated carbocycles. The summed E-state index contributed by atoms with van der Waals surface area (Å²) < 4.78 is 5.43. The average molecular weight is 170 g/mol. The second kappa shape index (κ2) is 2.98. The minimum atomic E-state index is 0.168. The van der Waals surface area contributed by atoms with Gasteiger partial charge in [-0.05, 0) is 26.3 Å². The Morgan fingerprint density at radius 2 is 2.33 bits per heavy atom. The molecule has 1 atom stereocenters. The van der Waals surface area contributed by atoms with E-state index in [-0.39, 0.29) is 5.54 Å². The van der Waals surface area contributed by atoms with Crippen molar-refractivity contribution in [3.05, 3.63) is 0 Å². The van der Waals surface area contributed by atoms with E-state index in [1.807, 2.05) is 0 Å². The van der Waals surface area contributed by atoms with E-state index < -0.39 is 0 Å². The molecule has 3 heteroatoms. The number of likely N-dealkylation sites (N-methyl/N-ethyl adjacent to an activating group) is 1. The van der Waals surface area contributed by atoms with Gasteiger partial charge >= 0.3 is 0 Å². The first-order chi connectivity index (χ1) is 5.78. The second-order valence-electron chi connectivity index (χ2n) is 4.07. The van der Waals surface area contributed by atoms with Gasteiger partial charge in [0.25, 0.3) is 0 Å². The Bertz CT molecular complexity index is 162. The largest absolute Gasteiger partial charge is 0.379 e. The Kier molecular flexibility index (Phi) is 2.10. The van der Waals surface area contributed by atoms with Crippen molar-refractivity contribution < 1.29 is 4.74 Å². The Balaban J connectivity index is 2.03. The van der Waals surface area contributed by atoms with Crippen molar-refractivity contribution in [1.29, 1.82) is 0 Å². The van der Waals surface area contributed by atoms with Crippen molar-refractivity contribution in [2.75, 3.05) is 26.8 Å². The van der Waals surface area contributed by atoms with Gasteiger partial charge < -0.3 is 10.5 Å². The molecular formula is C9H18N2O. The monoisotopic (exact) mass is 170 g/mol. The molecule has 0 amide bonds. The van der Waals surface area contributed by atoms with Gasteiger partial charge in [0, 0.05) is 19.2 Å². The van der Waals surface area contributed by atoms with Gasteiger partial charge in [0.05, 0.1) is 12.1 Å². The molecule has 1 aliphatic heterocycles. The maximum Gasteiger partial charge on any atom is 0.0663 e. The molecule has 0 radical (unpaired) electrons. The Morgan fingerprint density at radius 1 is 1.58 bits per heavy atom. The number of hydrogen-bond donors (Lipinski definition) is 1. The van der Waals surface area contributed by atoms with E-state index in [1.165, 1.54) is 12.8 Å². The molecule has 0 aromatic carbocycles. The first-order valence-electron chi connectivity index (χ1n) is 4.79. The minimum Gasteiger partial charge on any atom is -0.379 e. The summed E-state index contributed by atoms with van der Waals surface area (Å²) in [6, 6.07) is 0.787. The van der Waals surface area contributed by atoms with E-state index in [0.29, 0.717) is 0 Å².